The van der Waals surface area contributed by atoms with Crippen LogP contribution < -0.4 is 15.0 Å². The summed E-state index contributed by atoms with van der Waals surface area (Å²) >= 11 is 0. The summed E-state index contributed by atoms with van der Waals surface area (Å²) in [5, 5.41) is 3.44. The average Bonchev–Trinajstić information content (AvgIpc) is 2.92. The molecule has 0 spiro atoms. The first kappa shape index (κ1) is 24.7. The lowest BCUT2D eigenvalue weighted by Crippen LogP contribution is -2.22. The summed E-state index contributed by atoms with van der Waals surface area (Å²) < 4.78 is 10.6. The Morgan fingerprint density at radius 1 is 0.917 bits per heavy atom. The number of rotatable bonds is 9. The molecule has 0 bridgehead atoms. The van der Waals surface area contributed by atoms with E-state index in [0.29, 0.717) is 27.8 Å². The number of methoxy groups -OCH3 is 1. The smallest absolute Gasteiger partial charge is 0.339 e. The highest BCUT2D eigenvalue weighted by Crippen LogP contribution is 2.27. The molecule has 1 heterocycles. The van der Waals surface area contributed by atoms with Crippen LogP contribution in [-0.2, 0) is 9.53 Å². The minimum absolute atomic E-state index is 0.350. The molecule has 0 saturated carbocycles. The molecule has 7 heteroatoms. The van der Waals surface area contributed by atoms with Crippen molar-refractivity contribution in [2.24, 2.45) is 0 Å². The Hall–Kier alpha value is -4.39. The number of carbonyl (C=O) groups is 2. The van der Waals surface area contributed by atoms with Gasteiger partial charge in [-0.2, -0.15) is 0 Å². The number of nitrogens with zero attached hydrogens (tertiary/aromatic N) is 2. The minimum Gasteiger partial charge on any atom is -0.497 e. The number of amides is 1. The second kappa shape index (κ2) is 11.4. The van der Waals surface area contributed by atoms with Crippen LogP contribution in [0.3, 0.4) is 0 Å². The summed E-state index contributed by atoms with van der Waals surface area (Å²) in [6.45, 7) is 5.61. The van der Waals surface area contributed by atoms with Gasteiger partial charge in [0.25, 0.3) is 5.91 Å². The van der Waals surface area contributed by atoms with Crippen molar-refractivity contribution >= 4 is 34.2 Å². The van der Waals surface area contributed by atoms with Crippen molar-refractivity contribution in [3.05, 3.63) is 84.4 Å². The van der Waals surface area contributed by atoms with Crippen molar-refractivity contribution in [1.82, 2.24) is 4.98 Å². The van der Waals surface area contributed by atoms with Crippen molar-refractivity contribution in [3.8, 4) is 17.0 Å². The third-order valence-corrected chi connectivity index (χ3v) is 5.94. The molecule has 0 radical (unpaired) electrons. The molecule has 184 valence electrons. The third kappa shape index (κ3) is 5.63. The van der Waals surface area contributed by atoms with Gasteiger partial charge in [-0.05, 0) is 74.5 Å². The van der Waals surface area contributed by atoms with Crippen LogP contribution >= 0.6 is 0 Å². The molecule has 0 atom stereocenters. The van der Waals surface area contributed by atoms with Crippen LogP contribution in [-0.4, -0.2) is 43.7 Å². The third-order valence-electron chi connectivity index (χ3n) is 5.94. The zero-order chi connectivity index (χ0) is 25.5. The lowest BCUT2D eigenvalue weighted by molar-refractivity contribution is -0.119. The Balaban J connectivity index is 1.48. The van der Waals surface area contributed by atoms with E-state index in [-0.39, 0.29) is 0 Å². The van der Waals surface area contributed by atoms with Gasteiger partial charge >= 0.3 is 5.97 Å². The SMILES string of the molecule is CCN(CC)c1ccc(NC(=O)COC(=O)c2cc(-c3ccc(OC)cc3)nc3ccccc23)cc1. The zero-order valence-corrected chi connectivity index (χ0v) is 20.7. The Morgan fingerprint density at radius 3 is 2.28 bits per heavy atom. The fraction of sp³-hybridized carbons (Fsp3) is 0.207. The van der Waals surface area contributed by atoms with E-state index in [1.54, 1.807) is 13.2 Å². The van der Waals surface area contributed by atoms with E-state index in [0.717, 1.165) is 30.1 Å². The van der Waals surface area contributed by atoms with Crippen molar-refractivity contribution in [2.75, 3.05) is 37.0 Å². The first-order chi connectivity index (χ1) is 17.5. The van der Waals surface area contributed by atoms with Gasteiger partial charge in [-0.15, -0.1) is 0 Å². The number of ether oxygens (including phenoxy) is 2. The van der Waals surface area contributed by atoms with E-state index < -0.39 is 18.5 Å². The molecule has 7 nitrogen and oxygen atoms in total. The number of pyridine rings is 1. The zero-order valence-electron chi connectivity index (χ0n) is 20.7. The van der Waals surface area contributed by atoms with Gasteiger partial charge in [0.05, 0.1) is 23.9 Å². The Labute approximate surface area is 210 Å². The highest BCUT2D eigenvalue weighted by atomic mass is 16.5. The van der Waals surface area contributed by atoms with E-state index >= 15 is 0 Å². The molecule has 1 amide bonds. The van der Waals surface area contributed by atoms with Crippen LogP contribution in [0.15, 0.2) is 78.9 Å². The highest BCUT2D eigenvalue weighted by Gasteiger charge is 2.17. The van der Waals surface area contributed by atoms with Crippen LogP contribution in [0.2, 0.25) is 0 Å². The molecule has 0 saturated heterocycles. The summed E-state index contributed by atoms with van der Waals surface area (Å²) in [6.07, 6.45) is 0. The second-order valence-corrected chi connectivity index (χ2v) is 8.14. The topological polar surface area (TPSA) is 80.8 Å². The average molecular weight is 484 g/mol. The number of hydrogen-bond acceptors (Lipinski definition) is 6. The minimum atomic E-state index is -0.588. The number of carbonyl (C=O) groups excluding carboxylic acids is 2. The van der Waals surface area contributed by atoms with E-state index in [1.807, 2.05) is 72.8 Å². The molecule has 0 aliphatic heterocycles. The Morgan fingerprint density at radius 2 is 1.61 bits per heavy atom. The standard InChI is InChI=1S/C29H29N3O4/c1-4-32(5-2)22-14-12-21(13-15-22)30-28(33)19-36-29(34)25-18-27(20-10-16-23(35-3)17-11-20)31-26-9-7-6-8-24(25)26/h6-18H,4-5,19H2,1-3H3,(H,30,33). The number of fused-ring (bicyclic) bond motifs is 1. The fourth-order valence-corrected chi connectivity index (χ4v) is 4.00. The van der Waals surface area contributed by atoms with Crippen molar-refractivity contribution in [1.29, 1.82) is 0 Å². The summed E-state index contributed by atoms with van der Waals surface area (Å²) in [4.78, 5) is 32.4. The lowest BCUT2D eigenvalue weighted by atomic mass is 10.0. The molecule has 0 unspecified atom stereocenters. The fourth-order valence-electron chi connectivity index (χ4n) is 4.00. The Bertz CT molecular complexity index is 1350. The second-order valence-electron chi connectivity index (χ2n) is 8.14. The number of anilines is 2. The quantitative estimate of drug-likeness (QED) is 0.314. The largest absolute Gasteiger partial charge is 0.497 e. The maximum absolute atomic E-state index is 13.0. The molecule has 0 aliphatic carbocycles. The molecule has 1 aromatic heterocycles. The van der Waals surface area contributed by atoms with E-state index in [9.17, 15) is 9.59 Å². The molecule has 1 N–H and O–H groups in total. The first-order valence-electron chi connectivity index (χ1n) is 11.9. The lowest BCUT2D eigenvalue weighted by Gasteiger charge is -2.21. The van der Waals surface area contributed by atoms with E-state index in [2.05, 4.69) is 24.1 Å². The van der Waals surface area contributed by atoms with Gasteiger partial charge in [0.1, 0.15) is 5.75 Å². The maximum Gasteiger partial charge on any atom is 0.339 e. The van der Waals surface area contributed by atoms with E-state index in [4.69, 9.17) is 14.5 Å². The number of hydrogen-bond donors (Lipinski definition) is 1. The van der Waals surface area contributed by atoms with Gasteiger partial charge < -0.3 is 19.7 Å². The van der Waals surface area contributed by atoms with Crippen molar-refractivity contribution in [3.63, 3.8) is 0 Å². The van der Waals surface area contributed by atoms with Crippen molar-refractivity contribution in [2.45, 2.75) is 13.8 Å². The first-order valence-corrected chi connectivity index (χ1v) is 11.9. The molecule has 0 fully saturated rings. The molecular weight excluding hydrogens is 454 g/mol. The molecule has 4 rings (SSSR count). The van der Waals surface area contributed by atoms with Crippen LogP contribution in [0.1, 0.15) is 24.2 Å². The number of esters is 1. The number of aromatic nitrogens is 1. The highest BCUT2D eigenvalue weighted by molar-refractivity contribution is 6.05. The number of para-hydroxylation sites is 1. The Kier molecular flexibility index (Phi) is 7.80. The van der Waals surface area contributed by atoms with Gasteiger partial charge in [-0.1, -0.05) is 18.2 Å². The molecule has 36 heavy (non-hydrogen) atoms. The summed E-state index contributed by atoms with van der Waals surface area (Å²) in [7, 11) is 1.61. The van der Waals surface area contributed by atoms with Crippen LogP contribution in [0.5, 0.6) is 5.75 Å². The van der Waals surface area contributed by atoms with Gasteiger partial charge in [-0.3, -0.25) is 4.79 Å². The predicted molar refractivity (Wildman–Crippen MR) is 143 cm³/mol. The predicted octanol–water partition coefficient (Wildman–Crippen LogP) is 5.55. The maximum atomic E-state index is 13.0. The molecule has 3 aromatic carbocycles. The van der Waals surface area contributed by atoms with Crippen LogP contribution in [0.4, 0.5) is 11.4 Å². The summed E-state index contributed by atoms with van der Waals surface area (Å²) in [5.74, 6) is -0.268. The van der Waals surface area contributed by atoms with Gasteiger partial charge in [0, 0.05) is 35.4 Å². The van der Waals surface area contributed by atoms with Gasteiger partial charge in [0.2, 0.25) is 0 Å². The normalized spacial score (nSPS) is 10.6. The van der Waals surface area contributed by atoms with E-state index in [1.165, 1.54) is 0 Å². The number of nitrogens with one attached hydrogen (secondary N) is 1. The molecule has 0 aliphatic rings. The monoisotopic (exact) mass is 483 g/mol. The summed E-state index contributed by atoms with van der Waals surface area (Å²) in [6, 6.07) is 24.1. The summed E-state index contributed by atoms with van der Waals surface area (Å²) in [5.41, 5.74) is 4.20. The molecule has 4 aromatic rings. The van der Waals surface area contributed by atoms with Crippen LogP contribution in [0.25, 0.3) is 22.2 Å². The van der Waals surface area contributed by atoms with Crippen LogP contribution in [0, 0.1) is 0 Å². The van der Waals surface area contributed by atoms with Gasteiger partial charge in [0.15, 0.2) is 6.61 Å². The number of benzene rings is 3. The van der Waals surface area contributed by atoms with Gasteiger partial charge in [-0.25, -0.2) is 9.78 Å². The molecular formula is C29H29N3O4. The van der Waals surface area contributed by atoms with Crippen molar-refractivity contribution < 1.29 is 19.1 Å².